The molecule has 0 bridgehead atoms. The van der Waals surface area contributed by atoms with Crippen molar-refractivity contribution in [1.82, 2.24) is 9.88 Å². The quantitative estimate of drug-likeness (QED) is 0.812. The number of amides is 1. The molecule has 1 aliphatic heterocycles. The highest BCUT2D eigenvalue weighted by molar-refractivity contribution is 5.78. The summed E-state index contributed by atoms with van der Waals surface area (Å²) in [4.78, 5) is 17.6. The molecule has 0 spiro atoms. The molecule has 2 rings (SSSR count). The zero-order chi connectivity index (χ0) is 14.1. The van der Waals surface area contributed by atoms with Gasteiger partial charge < -0.3 is 4.90 Å². The van der Waals surface area contributed by atoms with Gasteiger partial charge in [-0.15, -0.1) is 0 Å². The molecule has 0 radical (unpaired) electrons. The summed E-state index contributed by atoms with van der Waals surface area (Å²) in [6.07, 6.45) is 7.65. The molecule has 1 saturated heterocycles. The topological polar surface area (TPSA) is 33.2 Å². The van der Waals surface area contributed by atoms with Crippen LogP contribution in [0.2, 0.25) is 0 Å². The van der Waals surface area contributed by atoms with E-state index in [1.165, 1.54) is 5.56 Å². The largest absolute Gasteiger partial charge is 0.343 e. The standard InChI is InChI=1S/C14H20N2O.C2H6/c1-2-12(13-5-8-15-9-6-13)7-11-16-10-3-4-14(16)17;1-2/h5-6,8-9,12H,2-4,7,10-11H2,1H3;1-2H3. The summed E-state index contributed by atoms with van der Waals surface area (Å²) in [5, 5.41) is 0. The fraction of sp³-hybridized carbons (Fsp3) is 0.625. The van der Waals surface area contributed by atoms with Crippen molar-refractivity contribution in [2.24, 2.45) is 0 Å². The van der Waals surface area contributed by atoms with Crippen LogP contribution in [0.15, 0.2) is 24.5 Å². The molecule has 3 heteroatoms. The summed E-state index contributed by atoms with van der Waals surface area (Å²) in [5.41, 5.74) is 1.34. The van der Waals surface area contributed by atoms with E-state index in [0.29, 0.717) is 11.8 Å². The zero-order valence-corrected chi connectivity index (χ0v) is 12.4. The summed E-state index contributed by atoms with van der Waals surface area (Å²) in [6.45, 7) is 8.06. The minimum Gasteiger partial charge on any atom is -0.343 e. The lowest BCUT2D eigenvalue weighted by Gasteiger charge is -2.20. The molecule has 3 nitrogen and oxygen atoms in total. The lowest BCUT2D eigenvalue weighted by Crippen LogP contribution is -2.26. The van der Waals surface area contributed by atoms with Crippen molar-refractivity contribution in [3.8, 4) is 0 Å². The van der Waals surface area contributed by atoms with E-state index in [0.717, 1.165) is 38.8 Å². The van der Waals surface area contributed by atoms with Crippen LogP contribution in [0.3, 0.4) is 0 Å². The van der Waals surface area contributed by atoms with Gasteiger partial charge in [-0.3, -0.25) is 9.78 Å². The van der Waals surface area contributed by atoms with Gasteiger partial charge in [0.25, 0.3) is 0 Å². The third kappa shape index (κ3) is 4.66. The van der Waals surface area contributed by atoms with E-state index in [2.05, 4.69) is 24.0 Å². The van der Waals surface area contributed by atoms with Crippen LogP contribution in [0.25, 0.3) is 0 Å². The molecule has 1 unspecified atom stereocenters. The monoisotopic (exact) mass is 262 g/mol. The number of pyridine rings is 1. The molecule has 1 aromatic heterocycles. The number of hydrogen-bond acceptors (Lipinski definition) is 2. The highest BCUT2D eigenvalue weighted by Crippen LogP contribution is 2.23. The third-order valence-corrected chi connectivity index (χ3v) is 3.59. The number of carbonyl (C=O) groups excluding carboxylic acids is 1. The van der Waals surface area contributed by atoms with Crippen LogP contribution in [-0.2, 0) is 4.79 Å². The van der Waals surface area contributed by atoms with Crippen LogP contribution >= 0.6 is 0 Å². The zero-order valence-electron chi connectivity index (χ0n) is 12.4. The Morgan fingerprint density at radius 2 is 2.00 bits per heavy atom. The molecular formula is C16H26N2O. The molecular weight excluding hydrogens is 236 g/mol. The minimum atomic E-state index is 0.328. The maximum Gasteiger partial charge on any atom is 0.222 e. The molecule has 106 valence electrons. The first-order valence-electron chi connectivity index (χ1n) is 7.49. The van der Waals surface area contributed by atoms with Gasteiger partial charge in [0, 0.05) is 31.9 Å². The van der Waals surface area contributed by atoms with Crippen molar-refractivity contribution in [2.45, 2.75) is 52.4 Å². The smallest absolute Gasteiger partial charge is 0.222 e. The fourth-order valence-corrected chi connectivity index (χ4v) is 2.49. The van der Waals surface area contributed by atoms with Crippen molar-refractivity contribution in [3.63, 3.8) is 0 Å². The summed E-state index contributed by atoms with van der Waals surface area (Å²) >= 11 is 0. The van der Waals surface area contributed by atoms with Gasteiger partial charge >= 0.3 is 0 Å². The van der Waals surface area contributed by atoms with Crippen LogP contribution in [0.1, 0.15) is 57.9 Å². The summed E-state index contributed by atoms with van der Waals surface area (Å²) in [7, 11) is 0. The van der Waals surface area contributed by atoms with E-state index in [4.69, 9.17) is 0 Å². The van der Waals surface area contributed by atoms with Gasteiger partial charge in [0.05, 0.1) is 0 Å². The Balaban J connectivity index is 0.000000861. The summed E-state index contributed by atoms with van der Waals surface area (Å²) in [5.74, 6) is 0.876. The third-order valence-electron chi connectivity index (χ3n) is 3.59. The second-order valence-electron chi connectivity index (χ2n) is 4.66. The van der Waals surface area contributed by atoms with E-state index in [-0.39, 0.29) is 0 Å². The number of carbonyl (C=O) groups is 1. The molecule has 19 heavy (non-hydrogen) atoms. The predicted molar refractivity (Wildman–Crippen MR) is 79.0 cm³/mol. The molecule has 2 heterocycles. The lowest BCUT2D eigenvalue weighted by molar-refractivity contribution is -0.127. The molecule has 0 N–H and O–H groups in total. The molecule has 0 saturated carbocycles. The van der Waals surface area contributed by atoms with E-state index >= 15 is 0 Å². The highest BCUT2D eigenvalue weighted by atomic mass is 16.2. The minimum absolute atomic E-state index is 0.328. The van der Waals surface area contributed by atoms with Crippen molar-refractivity contribution >= 4 is 5.91 Å². The van der Waals surface area contributed by atoms with Gasteiger partial charge in [-0.25, -0.2) is 0 Å². The van der Waals surface area contributed by atoms with Crippen LogP contribution < -0.4 is 0 Å². The first-order chi connectivity index (χ1) is 9.31. The highest BCUT2D eigenvalue weighted by Gasteiger charge is 2.20. The second-order valence-corrected chi connectivity index (χ2v) is 4.66. The number of rotatable bonds is 5. The Morgan fingerprint density at radius 1 is 1.32 bits per heavy atom. The molecule has 1 amide bonds. The molecule has 1 atom stereocenters. The average molecular weight is 262 g/mol. The second kappa shape index (κ2) is 8.68. The Labute approximate surface area is 117 Å². The normalized spacial score (nSPS) is 15.9. The summed E-state index contributed by atoms with van der Waals surface area (Å²) in [6, 6.07) is 4.17. The molecule has 1 aromatic rings. The van der Waals surface area contributed by atoms with Crippen molar-refractivity contribution in [1.29, 1.82) is 0 Å². The van der Waals surface area contributed by atoms with E-state index in [1.807, 2.05) is 31.1 Å². The first-order valence-corrected chi connectivity index (χ1v) is 7.49. The van der Waals surface area contributed by atoms with Gasteiger partial charge in [0.1, 0.15) is 0 Å². The summed E-state index contributed by atoms with van der Waals surface area (Å²) < 4.78 is 0. The van der Waals surface area contributed by atoms with Gasteiger partial charge in [0.2, 0.25) is 5.91 Å². The lowest BCUT2D eigenvalue weighted by atomic mass is 9.94. The number of hydrogen-bond donors (Lipinski definition) is 0. The predicted octanol–water partition coefficient (Wildman–Crippen LogP) is 3.61. The maximum atomic E-state index is 11.5. The Morgan fingerprint density at radius 3 is 2.53 bits per heavy atom. The number of nitrogens with zero attached hydrogens (tertiary/aromatic N) is 2. The van der Waals surface area contributed by atoms with Crippen LogP contribution in [-0.4, -0.2) is 28.9 Å². The SMILES string of the molecule is CC.CCC(CCN1CCCC1=O)c1ccncc1. The first kappa shape index (κ1) is 15.7. The van der Waals surface area contributed by atoms with Gasteiger partial charge in [-0.1, -0.05) is 20.8 Å². The number of likely N-dealkylation sites (tertiary alicyclic amines) is 1. The van der Waals surface area contributed by atoms with Crippen molar-refractivity contribution in [3.05, 3.63) is 30.1 Å². The Bertz CT molecular complexity index is 364. The fourth-order valence-electron chi connectivity index (χ4n) is 2.49. The van der Waals surface area contributed by atoms with Gasteiger partial charge in [0.15, 0.2) is 0 Å². The Hall–Kier alpha value is -1.38. The molecule has 0 aliphatic carbocycles. The van der Waals surface area contributed by atoms with E-state index in [1.54, 1.807) is 0 Å². The average Bonchev–Trinajstić information content (AvgIpc) is 2.88. The molecule has 1 fully saturated rings. The maximum absolute atomic E-state index is 11.5. The van der Waals surface area contributed by atoms with Crippen LogP contribution in [0.5, 0.6) is 0 Å². The van der Waals surface area contributed by atoms with Crippen LogP contribution in [0, 0.1) is 0 Å². The van der Waals surface area contributed by atoms with E-state index in [9.17, 15) is 4.79 Å². The molecule has 1 aliphatic rings. The van der Waals surface area contributed by atoms with Crippen molar-refractivity contribution < 1.29 is 4.79 Å². The molecule has 0 aromatic carbocycles. The van der Waals surface area contributed by atoms with Gasteiger partial charge in [-0.05, 0) is 42.9 Å². The van der Waals surface area contributed by atoms with E-state index < -0.39 is 0 Å². The Kier molecular flexibility index (Phi) is 7.16. The number of aromatic nitrogens is 1. The van der Waals surface area contributed by atoms with Gasteiger partial charge in [-0.2, -0.15) is 0 Å². The van der Waals surface area contributed by atoms with Crippen LogP contribution in [0.4, 0.5) is 0 Å². The van der Waals surface area contributed by atoms with Crippen molar-refractivity contribution in [2.75, 3.05) is 13.1 Å².